The van der Waals surface area contributed by atoms with E-state index < -0.39 is 0 Å². The molecule has 0 unspecified atom stereocenters. The lowest BCUT2D eigenvalue weighted by molar-refractivity contribution is -0.126. The molecule has 6 heteroatoms. The molecule has 0 radical (unpaired) electrons. The molecule has 1 aromatic rings. The molecule has 0 bridgehead atoms. The second-order valence-corrected chi connectivity index (χ2v) is 8.02. The molecule has 1 amide bonds. The first-order valence-electron chi connectivity index (χ1n) is 9.31. The number of carbonyl (C=O) groups excluding carboxylic acids is 1. The van der Waals surface area contributed by atoms with Gasteiger partial charge in [-0.25, -0.2) is 9.97 Å². The van der Waals surface area contributed by atoms with Gasteiger partial charge < -0.3 is 15.0 Å². The van der Waals surface area contributed by atoms with Crippen LogP contribution in [0.5, 0.6) is 0 Å². The lowest BCUT2D eigenvalue weighted by atomic mass is 9.89. The number of carbonyl (C=O) groups is 1. The summed E-state index contributed by atoms with van der Waals surface area (Å²) in [6.45, 7) is 8.51. The summed E-state index contributed by atoms with van der Waals surface area (Å²) in [4.78, 5) is 23.9. The maximum Gasteiger partial charge on any atom is 0.220 e. The van der Waals surface area contributed by atoms with Crippen LogP contribution >= 0.6 is 0 Å². The maximum atomic E-state index is 12.1. The minimum atomic E-state index is 0.0882. The Hall–Kier alpha value is -1.53. The molecule has 0 spiro atoms. The molecule has 3 rings (SSSR count). The van der Waals surface area contributed by atoms with E-state index in [1.165, 1.54) is 0 Å². The summed E-state index contributed by atoms with van der Waals surface area (Å²) >= 11 is 0. The highest BCUT2D eigenvalue weighted by Crippen LogP contribution is 2.26. The number of hydrogen-bond acceptors (Lipinski definition) is 5. The minimum absolute atomic E-state index is 0.0882. The van der Waals surface area contributed by atoms with Crippen LogP contribution in [0.3, 0.4) is 0 Å². The van der Waals surface area contributed by atoms with Gasteiger partial charge in [0, 0.05) is 35.7 Å². The number of nitrogens with one attached hydrogen (secondary N) is 1. The SMILES string of the molecule is Cc1cc(CCC(=O)NCC2(C)COC2)nc(C2CCN(C)CC2)n1. The van der Waals surface area contributed by atoms with Gasteiger partial charge in [0.2, 0.25) is 5.91 Å². The molecule has 0 saturated carbocycles. The van der Waals surface area contributed by atoms with Crippen LogP contribution in [-0.2, 0) is 16.0 Å². The highest BCUT2D eigenvalue weighted by atomic mass is 16.5. The van der Waals surface area contributed by atoms with Crippen molar-refractivity contribution < 1.29 is 9.53 Å². The van der Waals surface area contributed by atoms with Crippen molar-refractivity contribution in [1.82, 2.24) is 20.2 Å². The Morgan fingerprint density at radius 2 is 2.08 bits per heavy atom. The topological polar surface area (TPSA) is 67.3 Å². The summed E-state index contributed by atoms with van der Waals surface area (Å²) in [6, 6.07) is 2.01. The van der Waals surface area contributed by atoms with Gasteiger partial charge in [0.15, 0.2) is 0 Å². The van der Waals surface area contributed by atoms with Gasteiger partial charge in [0.1, 0.15) is 5.82 Å². The Morgan fingerprint density at radius 3 is 2.72 bits per heavy atom. The van der Waals surface area contributed by atoms with Crippen LogP contribution < -0.4 is 5.32 Å². The van der Waals surface area contributed by atoms with Crippen molar-refractivity contribution >= 4 is 5.91 Å². The van der Waals surface area contributed by atoms with Crippen molar-refractivity contribution in [2.45, 2.75) is 45.4 Å². The van der Waals surface area contributed by atoms with E-state index in [9.17, 15) is 4.79 Å². The molecule has 2 saturated heterocycles. The van der Waals surface area contributed by atoms with Crippen molar-refractivity contribution in [3.05, 3.63) is 23.3 Å². The van der Waals surface area contributed by atoms with Gasteiger partial charge in [-0.3, -0.25) is 4.79 Å². The average Bonchev–Trinajstić information content (AvgIpc) is 2.56. The van der Waals surface area contributed by atoms with Crippen LogP contribution in [0.15, 0.2) is 6.07 Å². The maximum absolute atomic E-state index is 12.1. The molecule has 2 fully saturated rings. The van der Waals surface area contributed by atoms with Crippen molar-refractivity contribution in [3.8, 4) is 0 Å². The number of rotatable bonds is 6. The zero-order chi connectivity index (χ0) is 17.9. The van der Waals surface area contributed by atoms with E-state index in [4.69, 9.17) is 9.72 Å². The summed E-state index contributed by atoms with van der Waals surface area (Å²) in [5.41, 5.74) is 2.09. The molecule has 0 aromatic carbocycles. The van der Waals surface area contributed by atoms with E-state index in [-0.39, 0.29) is 11.3 Å². The summed E-state index contributed by atoms with van der Waals surface area (Å²) in [7, 11) is 2.16. The fourth-order valence-corrected chi connectivity index (χ4v) is 3.43. The van der Waals surface area contributed by atoms with Gasteiger partial charge in [-0.15, -0.1) is 0 Å². The number of likely N-dealkylation sites (tertiary alicyclic amines) is 1. The quantitative estimate of drug-likeness (QED) is 0.849. The van der Waals surface area contributed by atoms with Crippen LogP contribution in [0.4, 0.5) is 0 Å². The van der Waals surface area contributed by atoms with Gasteiger partial charge in [-0.05, 0) is 52.4 Å². The van der Waals surface area contributed by atoms with Crippen LogP contribution in [0.25, 0.3) is 0 Å². The number of amides is 1. The van der Waals surface area contributed by atoms with Gasteiger partial charge in [0.05, 0.1) is 13.2 Å². The number of nitrogens with zero attached hydrogens (tertiary/aromatic N) is 3. The van der Waals surface area contributed by atoms with Crippen LogP contribution in [0, 0.1) is 12.3 Å². The Kier molecular flexibility index (Phi) is 5.69. The lowest BCUT2D eigenvalue weighted by Crippen LogP contribution is -2.48. The molecular formula is C19H30N4O2. The number of ether oxygens (including phenoxy) is 1. The van der Waals surface area contributed by atoms with E-state index in [1.54, 1.807) is 0 Å². The summed E-state index contributed by atoms with van der Waals surface area (Å²) < 4.78 is 5.22. The Balaban J connectivity index is 1.52. The predicted molar refractivity (Wildman–Crippen MR) is 96.5 cm³/mol. The first-order valence-corrected chi connectivity index (χ1v) is 9.31. The average molecular weight is 346 g/mol. The molecule has 1 N–H and O–H groups in total. The summed E-state index contributed by atoms with van der Waals surface area (Å²) in [6.07, 6.45) is 3.36. The summed E-state index contributed by atoms with van der Waals surface area (Å²) in [5, 5.41) is 3.02. The van der Waals surface area contributed by atoms with Crippen LogP contribution in [0.1, 0.15) is 49.3 Å². The van der Waals surface area contributed by atoms with E-state index in [0.717, 1.165) is 56.4 Å². The van der Waals surface area contributed by atoms with Crippen molar-refractivity contribution in [2.24, 2.45) is 5.41 Å². The van der Waals surface area contributed by atoms with Gasteiger partial charge in [-0.1, -0.05) is 6.92 Å². The third-order valence-electron chi connectivity index (χ3n) is 5.23. The Bertz CT molecular complexity index is 607. The highest BCUT2D eigenvalue weighted by molar-refractivity contribution is 5.76. The molecule has 2 aliphatic rings. The standard InChI is InChI=1S/C19H30N4O2/c1-14-10-16(4-5-17(24)20-11-19(2)12-25-13-19)22-18(21-14)15-6-8-23(3)9-7-15/h10,15H,4-9,11-13H2,1-3H3,(H,20,24). The van der Waals surface area contributed by atoms with E-state index >= 15 is 0 Å². The first-order chi connectivity index (χ1) is 11.9. The number of aromatic nitrogens is 2. The number of aryl methyl sites for hydroxylation is 2. The fourth-order valence-electron chi connectivity index (χ4n) is 3.43. The smallest absolute Gasteiger partial charge is 0.220 e. The van der Waals surface area contributed by atoms with Gasteiger partial charge in [-0.2, -0.15) is 0 Å². The lowest BCUT2D eigenvalue weighted by Gasteiger charge is -2.38. The predicted octanol–water partition coefficient (Wildman–Crippen LogP) is 1.68. The molecule has 0 aliphatic carbocycles. The first kappa shape index (κ1) is 18.3. The van der Waals surface area contributed by atoms with Crippen molar-refractivity contribution in [1.29, 1.82) is 0 Å². The zero-order valence-electron chi connectivity index (χ0n) is 15.7. The van der Waals surface area contributed by atoms with E-state index in [0.29, 0.717) is 25.3 Å². The Labute approximate surface area is 150 Å². The molecule has 2 aliphatic heterocycles. The fraction of sp³-hybridized carbons (Fsp3) is 0.737. The molecule has 3 heterocycles. The molecule has 25 heavy (non-hydrogen) atoms. The largest absolute Gasteiger partial charge is 0.380 e. The van der Waals surface area contributed by atoms with E-state index in [2.05, 4.69) is 29.2 Å². The van der Waals surface area contributed by atoms with Gasteiger partial charge >= 0.3 is 0 Å². The molecule has 1 aromatic heterocycles. The zero-order valence-corrected chi connectivity index (χ0v) is 15.7. The van der Waals surface area contributed by atoms with Crippen molar-refractivity contribution in [3.63, 3.8) is 0 Å². The van der Waals surface area contributed by atoms with Crippen molar-refractivity contribution in [2.75, 3.05) is 39.9 Å². The molecule has 0 atom stereocenters. The summed E-state index contributed by atoms with van der Waals surface area (Å²) in [5.74, 6) is 1.50. The Morgan fingerprint density at radius 1 is 1.36 bits per heavy atom. The normalized spacial score (nSPS) is 20.9. The third kappa shape index (κ3) is 4.98. The molecule has 138 valence electrons. The number of piperidine rings is 1. The minimum Gasteiger partial charge on any atom is -0.380 e. The highest BCUT2D eigenvalue weighted by Gasteiger charge is 2.33. The van der Waals surface area contributed by atoms with Gasteiger partial charge in [0.25, 0.3) is 0 Å². The second kappa shape index (κ2) is 7.79. The molecule has 6 nitrogen and oxygen atoms in total. The third-order valence-corrected chi connectivity index (χ3v) is 5.23. The molecular weight excluding hydrogens is 316 g/mol. The van der Waals surface area contributed by atoms with E-state index in [1.807, 2.05) is 13.0 Å². The van der Waals surface area contributed by atoms with Crippen LogP contribution in [0.2, 0.25) is 0 Å². The van der Waals surface area contributed by atoms with Crippen LogP contribution in [-0.4, -0.2) is 60.7 Å². The number of hydrogen-bond donors (Lipinski definition) is 1. The second-order valence-electron chi connectivity index (χ2n) is 8.02. The monoisotopic (exact) mass is 346 g/mol.